The lowest BCUT2D eigenvalue weighted by Gasteiger charge is -2.29. The second-order valence-electron chi connectivity index (χ2n) is 7.65. The fraction of sp³-hybridized carbons (Fsp3) is 0.250. The minimum atomic E-state index is -0.280. The Morgan fingerprint density at radius 3 is 2.34 bits per heavy atom. The van der Waals surface area contributed by atoms with Crippen LogP contribution in [0.5, 0.6) is 0 Å². The molecule has 4 aromatic rings. The summed E-state index contributed by atoms with van der Waals surface area (Å²) in [5.41, 5.74) is 2.55. The van der Waals surface area contributed by atoms with Gasteiger partial charge in [-0.15, -0.1) is 0 Å². The first-order chi connectivity index (χ1) is 14.2. The van der Waals surface area contributed by atoms with Gasteiger partial charge in [-0.25, -0.2) is 0 Å². The highest BCUT2D eigenvalue weighted by Crippen LogP contribution is 2.37. The van der Waals surface area contributed by atoms with Gasteiger partial charge >= 0.3 is 0 Å². The lowest BCUT2D eigenvalue weighted by molar-refractivity contribution is 0.279. The van der Waals surface area contributed by atoms with Gasteiger partial charge in [-0.05, 0) is 49.1 Å². The molecule has 0 amide bonds. The fourth-order valence-electron chi connectivity index (χ4n) is 4.40. The van der Waals surface area contributed by atoms with E-state index in [-0.39, 0.29) is 23.0 Å². The van der Waals surface area contributed by atoms with Gasteiger partial charge in [-0.1, -0.05) is 36.8 Å². The second-order valence-corrected chi connectivity index (χ2v) is 7.65. The van der Waals surface area contributed by atoms with E-state index in [0.717, 1.165) is 36.2 Å². The van der Waals surface area contributed by atoms with Gasteiger partial charge in [0.05, 0.1) is 17.6 Å². The van der Waals surface area contributed by atoms with Crippen molar-refractivity contribution in [3.63, 3.8) is 0 Å². The van der Waals surface area contributed by atoms with Gasteiger partial charge in [0.1, 0.15) is 5.39 Å². The van der Waals surface area contributed by atoms with Crippen molar-refractivity contribution in [2.24, 2.45) is 0 Å². The predicted octanol–water partition coefficient (Wildman–Crippen LogP) is 3.57. The van der Waals surface area contributed by atoms with Crippen molar-refractivity contribution in [1.82, 2.24) is 9.13 Å². The number of nitrogens with zero attached hydrogens (tertiary/aromatic N) is 2. The molecule has 0 atom stereocenters. The molecule has 1 N–H and O–H groups in total. The number of fused-ring (bicyclic) bond motifs is 2. The molecule has 0 aliphatic heterocycles. The monoisotopic (exact) mass is 386 g/mol. The zero-order valence-corrected chi connectivity index (χ0v) is 16.0. The molecule has 1 aliphatic carbocycles. The van der Waals surface area contributed by atoms with Crippen molar-refractivity contribution in [2.75, 3.05) is 6.61 Å². The molecule has 2 aromatic carbocycles. The third-order valence-electron chi connectivity index (χ3n) is 6.03. The van der Waals surface area contributed by atoms with Gasteiger partial charge in [-0.2, -0.15) is 0 Å². The summed E-state index contributed by atoms with van der Waals surface area (Å²) in [5, 5.41) is 10.3. The van der Waals surface area contributed by atoms with E-state index in [9.17, 15) is 14.7 Å². The Bertz CT molecular complexity index is 1330. The first kappa shape index (κ1) is 17.9. The van der Waals surface area contributed by atoms with E-state index in [4.69, 9.17) is 0 Å². The quantitative estimate of drug-likeness (QED) is 0.546. The molecule has 1 aliphatic rings. The maximum absolute atomic E-state index is 13.7. The molecule has 5 nitrogen and oxygen atoms in total. The lowest BCUT2D eigenvalue weighted by Crippen LogP contribution is -2.30. The number of benzene rings is 2. The summed E-state index contributed by atoms with van der Waals surface area (Å²) < 4.78 is 3.62. The maximum Gasteiger partial charge on any atom is 0.268 e. The third kappa shape index (κ3) is 2.73. The van der Waals surface area contributed by atoms with Crippen LogP contribution in [0, 0.1) is 0 Å². The van der Waals surface area contributed by atoms with Crippen LogP contribution in [-0.2, 0) is 6.54 Å². The molecule has 0 radical (unpaired) electrons. The molecule has 1 saturated carbocycles. The Kier molecular flexibility index (Phi) is 4.32. The number of para-hydroxylation sites is 2. The summed E-state index contributed by atoms with van der Waals surface area (Å²) in [5.74, 6) is 0.302. The third-order valence-corrected chi connectivity index (χ3v) is 6.03. The van der Waals surface area contributed by atoms with E-state index in [1.807, 2.05) is 53.1 Å². The number of rotatable bonds is 4. The average Bonchev–Trinajstić information content (AvgIpc) is 2.70. The highest BCUT2D eigenvalue weighted by atomic mass is 16.3. The molecule has 0 unspecified atom stereocenters. The van der Waals surface area contributed by atoms with Crippen molar-refractivity contribution >= 4 is 21.8 Å². The van der Waals surface area contributed by atoms with Crippen LogP contribution in [0.1, 0.15) is 30.9 Å². The summed E-state index contributed by atoms with van der Waals surface area (Å²) in [7, 11) is 0. The average molecular weight is 386 g/mol. The van der Waals surface area contributed by atoms with Gasteiger partial charge in [0.2, 0.25) is 5.43 Å². The minimum absolute atomic E-state index is 0.0670. The van der Waals surface area contributed by atoms with Gasteiger partial charge in [0, 0.05) is 23.3 Å². The molecular formula is C24H22N2O3. The van der Waals surface area contributed by atoms with E-state index in [1.165, 1.54) is 0 Å². The van der Waals surface area contributed by atoms with Crippen molar-refractivity contribution in [1.29, 1.82) is 0 Å². The van der Waals surface area contributed by atoms with Gasteiger partial charge in [0.15, 0.2) is 0 Å². The highest BCUT2D eigenvalue weighted by Gasteiger charge is 2.26. The van der Waals surface area contributed by atoms with Crippen molar-refractivity contribution in [3.8, 4) is 5.69 Å². The maximum atomic E-state index is 13.7. The molecule has 2 heterocycles. The van der Waals surface area contributed by atoms with Crippen LogP contribution < -0.4 is 11.0 Å². The Balaban J connectivity index is 1.98. The van der Waals surface area contributed by atoms with Crippen LogP contribution >= 0.6 is 0 Å². The minimum Gasteiger partial charge on any atom is -0.395 e. The summed E-state index contributed by atoms with van der Waals surface area (Å²) in [4.78, 5) is 27.0. The van der Waals surface area contributed by atoms with E-state index < -0.39 is 0 Å². The Hall–Kier alpha value is -3.18. The number of aliphatic hydroxyl groups excluding tert-OH is 1. The number of hydrogen-bond acceptors (Lipinski definition) is 3. The van der Waals surface area contributed by atoms with Gasteiger partial charge < -0.3 is 9.67 Å². The van der Waals surface area contributed by atoms with E-state index in [1.54, 1.807) is 16.7 Å². The fourth-order valence-corrected chi connectivity index (χ4v) is 4.40. The van der Waals surface area contributed by atoms with Gasteiger partial charge in [-0.3, -0.25) is 14.2 Å². The van der Waals surface area contributed by atoms with Gasteiger partial charge in [0.25, 0.3) is 5.56 Å². The topological polar surface area (TPSA) is 64.2 Å². The Labute approximate surface area is 167 Å². The molecule has 29 heavy (non-hydrogen) atoms. The Morgan fingerprint density at radius 1 is 0.931 bits per heavy atom. The zero-order valence-electron chi connectivity index (χ0n) is 16.0. The Morgan fingerprint density at radius 2 is 1.66 bits per heavy atom. The van der Waals surface area contributed by atoms with Crippen LogP contribution in [0.4, 0.5) is 0 Å². The van der Waals surface area contributed by atoms with Crippen LogP contribution in [0.3, 0.4) is 0 Å². The molecule has 1 fully saturated rings. The molecule has 146 valence electrons. The predicted molar refractivity (Wildman–Crippen MR) is 115 cm³/mol. The number of aliphatic hydroxyl groups is 1. The molecule has 5 heteroatoms. The van der Waals surface area contributed by atoms with Crippen molar-refractivity contribution < 1.29 is 5.11 Å². The molecule has 5 rings (SSSR count). The first-order valence-electron chi connectivity index (χ1n) is 10.1. The normalized spacial score (nSPS) is 14.4. The molecule has 0 bridgehead atoms. The smallest absolute Gasteiger partial charge is 0.268 e. The summed E-state index contributed by atoms with van der Waals surface area (Å²) in [6.45, 7) is 0.263. The first-order valence-corrected chi connectivity index (χ1v) is 10.1. The number of hydrogen-bond donors (Lipinski definition) is 1. The molecular weight excluding hydrogens is 364 g/mol. The molecule has 0 saturated heterocycles. The number of aromatic nitrogens is 2. The highest BCUT2D eigenvalue weighted by molar-refractivity contribution is 5.93. The van der Waals surface area contributed by atoms with Crippen LogP contribution in [0.2, 0.25) is 0 Å². The summed E-state index contributed by atoms with van der Waals surface area (Å²) >= 11 is 0. The molecule has 0 spiro atoms. The standard InChI is InChI=1S/C24H22N2O3/c27-14-13-25-19-12-5-4-11-18(19)23(28)22-21(25)15-20(16-7-6-8-16)26(24(22)29)17-9-2-1-3-10-17/h1-5,9-12,15-16,27H,6-8,13-14H2. The summed E-state index contributed by atoms with van der Waals surface area (Å²) in [6.07, 6.45) is 3.22. The van der Waals surface area contributed by atoms with E-state index >= 15 is 0 Å². The second kappa shape index (κ2) is 7.01. The number of pyridine rings is 2. The van der Waals surface area contributed by atoms with Crippen LogP contribution in [-0.4, -0.2) is 20.8 Å². The zero-order chi connectivity index (χ0) is 20.0. The van der Waals surface area contributed by atoms with E-state index in [0.29, 0.717) is 23.4 Å². The SMILES string of the molecule is O=c1c2ccccc2n(CCO)c2cc(C3CCC3)n(-c3ccccc3)c(=O)c12. The lowest BCUT2D eigenvalue weighted by atomic mass is 9.82. The molecule has 2 aromatic heterocycles. The largest absolute Gasteiger partial charge is 0.395 e. The van der Waals surface area contributed by atoms with Crippen molar-refractivity contribution in [3.05, 3.63) is 86.9 Å². The summed E-state index contributed by atoms with van der Waals surface area (Å²) in [6, 6.07) is 18.8. The van der Waals surface area contributed by atoms with E-state index in [2.05, 4.69) is 0 Å². The van der Waals surface area contributed by atoms with Crippen molar-refractivity contribution in [2.45, 2.75) is 31.7 Å². The van der Waals surface area contributed by atoms with Crippen LogP contribution in [0.25, 0.3) is 27.5 Å². The van der Waals surface area contributed by atoms with Crippen LogP contribution in [0.15, 0.2) is 70.3 Å².